The molecule has 1 fully saturated rings. The quantitative estimate of drug-likeness (QED) is 0.847. The molecule has 2 N–H and O–H groups in total. The average molecular weight is 221 g/mol. The zero-order chi connectivity index (χ0) is 11.4. The molecule has 1 saturated carbocycles. The molecule has 16 heavy (non-hydrogen) atoms. The fraction of sp³-hybridized carbons (Fsp3) is 0.769. The number of aryl methyl sites for hydroxylation is 1. The maximum absolute atomic E-state index is 6.21. The van der Waals surface area contributed by atoms with E-state index in [0.717, 1.165) is 12.3 Å². The molecule has 0 radical (unpaired) electrons. The summed E-state index contributed by atoms with van der Waals surface area (Å²) in [5.41, 5.74) is 7.48. The topological polar surface area (TPSA) is 43.8 Å². The van der Waals surface area contributed by atoms with Crippen LogP contribution in [0, 0.1) is 5.92 Å². The molecule has 2 rings (SSSR count). The molecule has 0 aliphatic heterocycles. The Bertz CT molecular complexity index is 313. The van der Waals surface area contributed by atoms with Crippen molar-refractivity contribution in [3.63, 3.8) is 0 Å². The van der Waals surface area contributed by atoms with Gasteiger partial charge in [0.25, 0.3) is 0 Å². The van der Waals surface area contributed by atoms with Gasteiger partial charge in [0, 0.05) is 19.3 Å². The summed E-state index contributed by atoms with van der Waals surface area (Å²) in [6.45, 7) is 0. The Morgan fingerprint density at radius 2 is 2.19 bits per heavy atom. The molecule has 0 spiro atoms. The lowest BCUT2D eigenvalue weighted by molar-refractivity contribution is 0.317. The molecular formula is C13H23N3. The van der Waals surface area contributed by atoms with Crippen molar-refractivity contribution in [1.29, 1.82) is 0 Å². The third-order valence-corrected chi connectivity index (χ3v) is 3.62. The van der Waals surface area contributed by atoms with Crippen LogP contribution in [0.25, 0.3) is 0 Å². The zero-order valence-electron chi connectivity index (χ0n) is 10.2. The van der Waals surface area contributed by atoms with Gasteiger partial charge in [-0.2, -0.15) is 5.10 Å². The van der Waals surface area contributed by atoms with Gasteiger partial charge in [-0.05, 0) is 24.3 Å². The van der Waals surface area contributed by atoms with Crippen molar-refractivity contribution >= 4 is 0 Å². The van der Waals surface area contributed by atoms with E-state index in [2.05, 4.69) is 11.3 Å². The summed E-state index contributed by atoms with van der Waals surface area (Å²) < 4.78 is 1.85. The van der Waals surface area contributed by atoms with Crippen molar-refractivity contribution in [2.75, 3.05) is 0 Å². The minimum Gasteiger partial charge on any atom is -0.327 e. The molecule has 90 valence electrons. The predicted molar refractivity (Wildman–Crippen MR) is 66.1 cm³/mol. The van der Waals surface area contributed by atoms with Crippen molar-refractivity contribution in [3.8, 4) is 0 Å². The highest BCUT2D eigenvalue weighted by molar-refractivity contribution is 5.05. The maximum Gasteiger partial charge on any atom is 0.0522 e. The van der Waals surface area contributed by atoms with Gasteiger partial charge in [0.15, 0.2) is 0 Å². The Morgan fingerprint density at radius 1 is 1.44 bits per heavy atom. The van der Waals surface area contributed by atoms with Crippen LogP contribution in [0.5, 0.6) is 0 Å². The largest absolute Gasteiger partial charge is 0.327 e. The molecule has 0 amide bonds. The number of nitrogens with zero attached hydrogens (tertiary/aromatic N) is 2. The Hall–Kier alpha value is -0.830. The van der Waals surface area contributed by atoms with Crippen molar-refractivity contribution in [2.45, 2.75) is 51.0 Å². The first-order valence-corrected chi connectivity index (χ1v) is 6.47. The van der Waals surface area contributed by atoms with Gasteiger partial charge in [-0.1, -0.05) is 32.1 Å². The van der Waals surface area contributed by atoms with Crippen LogP contribution in [0.3, 0.4) is 0 Å². The Morgan fingerprint density at radius 3 is 2.81 bits per heavy atom. The Labute approximate surface area is 98.0 Å². The molecule has 0 aromatic carbocycles. The highest BCUT2D eigenvalue weighted by atomic mass is 15.2. The number of aromatic nitrogens is 2. The van der Waals surface area contributed by atoms with Gasteiger partial charge in [-0.3, -0.25) is 4.68 Å². The van der Waals surface area contributed by atoms with Crippen LogP contribution < -0.4 is 5.73 Å². The predicted octanol–water partition coefficient (Wildman–Crippen LogP) is 2.26. The van der Waals surface area contributed by atoms with E-state index in [4.69, 9.17) is 5.73 Å². The first-order chi connectivity index (χ1) is 7.74. The molecule has 1 aliphatic carbocycles. The number of nitrogens with two attached hydrogens (primary N) is 1. The average Bonchev–Trinajstić information content (AvgIpc) is 2.65. The highest BCUT2D eigenvalue weighted by Crippen LogP contribution is 2.27. The third-order valence-electron chi connectivity index (χ3n) is 3.62. The first-order valence-electron chi connectivity index (χ1n) is 6.47. The van der Waals surface area contributed by atoms with Crippen molar-refractivity contribution in [1.82, 2.24) is 9.78 Å². The highest BCUT2D eigenvalue weighted by Gasteiger charge is 2.17. The fourth-order valence-corrected chi connectivity index (χ4v) is 2.81. The molecule has 3 heteroatoms. The van der Waals surface area contributed by atoms with E-state index >= 15 is 0 Å². The molecular weight excluding hydrogens is 198 g/mol. The monoisotopic (exact) mass is 221 g/mol. The normalized spacial score (nSPS) is 19.9. The summed E-state index contributed by atoms with van der Waals surface area (Å²) in [7, 11) is 1.95. The van der Waals surface area contributed by atoms with E-state index in [1.807, 2.05) is 17.9 Å². The lowest BCUT2D eigenvalue weighted by Gasteiger charge is -2.24. The van der Waals surface area contributed by atoms with Gasteiger partial charge >= 0.3 is 0 Å². The summed E-state index contributed by atoms with van der Waals surface area (Å²) in [6, 6.07) is 0.312. The van der Waals surface area contributed by atoms with E-state index in [1.165, 1.54) is 44.1 Å². The van der Waals surface area contributed by atoms with Gasteiger partial charge in [0.1, 0.15) is 0 Å². The second-order valence-electron chi connectivity index (χ2n) is 5.23. The second-order valence-corrected chi connectivity index (χ2v) is 5.23. The molecule has 1 aromatic rings. The maximum atomic E-state index is 6.21. The minimum atomic E-state index is 0.312. The summed E-state index contributed by atoms with van der Waals surface area (Å²) in [5.74, 6) is 0.875. The molecule has 1 heterocycles. The number of hydrogen-bond acceptors (Lipinski definition) is 2. The smallest absolute Gasteiger partial charge is 0.0522 e. The van der Waals surface area contributed by atoms with Crippen LogP contribution >= 0.6 is 0 Å². The number of hydrogen-bond donors (Lipinski definition) is 1. The third kappa shape index (κ3) is 3.34. The van der Waals surface area contributed by atoms with Gasteiger partial charge in [0.2, 0.25) is 0 Å². The van der Waals surface area contributed by atoms with Crippen LogP contribution in [-0.2, 0) is 13.5 Å². The van der Waals surface area contributed by atoms with Gasteiger partial charge < -0.3 is 5.73 Å². The lowest BCUT2D eigenvalue weighted by Crippen LogP contribution is -2.26. The summed E-state index contributed by atoms with van der Waals surface area (Å²) >= 11 is 0. The molecule has 1 atom stereocenters. The SMILES string of the molecule is Cn1cc(CC(N)CC2CCCCC2)cn1. The molecule has 1 aliphatic rings. The van der Waals surface area contributed by atoms with Gasteiger partial charge in [-0.25, -0.2) is 0 Å². The van der Waals surface area contributed by atoms with E-state index in [9.17, 15) is 0 Å². The fourth-order valence-electron chi connectivity index (χ4n) is 2.81. The van der Waals surface area contributed by atoms with Gasteiger partial charge in [-0.15, -0.1) is 0 Å². The van der Waals surface area contributed by atoms with Crippen LogP contribution in [0.4, 0.5) is 0 Å². The summed E-state index contributed by atoms with van der Waals surface area (Å²) in [5, 5.41) is 4.18. The van der Waals surface area contributed by atoms with E-state index in [-0.39, 0.29) is 0 Å². The summed E-state index contributed by atoms with van der Waals surface area (Å²) in [6.07, 6.45) is 13.2. The van der Waals surface area contributed by atoms with Crippen molar-refractivity contribution in [3.05, 3.63) is 18.0 Å². The van der Waals surface area contributed by atoms with Crippen LogP contribution in [0.2, 0.25) is 0 Å². The first kappa shape index (κ1) is 11.6. The lowest BCUT2D eigenvalue weighted by atomic mass is 9.84. The standard InChI is InChI=1S/C13H23N3/c1-16-10-12(9-15-16)8-13(14)7-11-5-3-2-4-6-11/h9-11,13H,2-8,14H2,1H3. The van der Waals surface area contributed by atoms with Crippen LogP contribution in [0.1, 0.15) is 44.1 Å². The van der Waals surface area contributed by atoms with Crippen molar-refractivity contribution < 1.29 is 0 Å². The van der Waals surface area contributed by atoms with E-state index < -0.39 is 0 Å². The molecule has 1 aromatic heterocycles. The van der Waals surface area contributed by atoms with Crippen molar-refractivity contribution in [2.24, 2.45) is 18.7 Å². The van der Waals surface area contributed by atoms with Crippen LogP contribution in [0.15, 0.2) is 12.4 Å². The summed E-state index contributed by atoms with van der Waals surface area (Å²) in [4.78, 5) is 0. The Kier molecular flexibility index (Phi) is 3.99. The minimum absolute atomic E-state index is 0.312. The second kappa shape index (κ2) is 5.48. The molecule has 3 nitrogen and oxygen atoms in total. The van der Waals surface area contributed by atoms with Gasteiger partial charge in [0.05, 0.1) is 6.20 Å². The van der Waals surface area contributed by atoms with E-state index in [0.29, 0.717) is 6.04 Å². The Balaban J connectivity index is 1.77. The number of rotatable bonds is 4. The van der Waals surface area contributed by atoms with Crippen LogP contribution in [-0.4, -0.2) is 15.8 Å². The molecule has 0 bridgehead atoms. The molecule has 1 unspecified atom stereocenters. The van der Waals surface area contributed by atoms with E-state index in [1.54, 1.807) is 0 Å². The zero-order valence-corrected chi connectivity index (χ0v) is 10.2. The molecule has 0 saturated heterocycles.